The lowest BCUT2D eigenvalue weighted by Gasteiger charge is -2.10. The highest BCUT2D eigenvalue weighted by atomic mass is 35.5. The van der Waals surface area contributed by atoms with E-state index < -0.39 is 5.91 Å². The molecule has 26 heavy (non-hydrogen) atoms. The molecule has 0 aliphatic carbocycles. The summed E-state index contributed by atoms with van der Waals surface area (Å²) in [5, 5.41) is 12.7. The Balaban J connectivity index is 2.25. The Bertz CT molecular complexity index is 863. The summed E-state index contributed by atoms with van der Waals surface area (Å²) < 4.78 is 5.51. The fourth-order valence-corrected chi connectivity index (χ4v) is 2.85. The van der Waals surface area contributed by atoms with Gasteiger partial charge in [0.25, 0.3) is 5.91 Å². The minimum absolute atomic E-state index is 0.0548. The highest BCUT2D eigenvalue weighted by Gasteiger charge is 2.13. The normalized spacial score (nSPS) is 11.0. The summed E-state index contributed by atoms with van der Waals surface area (Å²) in [6.45, 7) is 4.39. The Morgan fingerprint density at radius 3 is 2.54 bits per heavy atom. The first-order valence-corrected chi connectivity index (χ1v) is 8.81. The molecule has 0 saturated heterocycles. The van der Waals surface area contributed by atoms with Crippen LogP contribution in [0.3, 0.4) is 0 Å². The molecule has 0 aromatic heterocycles. The average molecular weight is 389 g/mol. The number of carbonyl (C=O) groups is 1. The third-order valence-electron chi connectivity index (χ3n) is 3.42. The van der Waals surface area contributed by atoms with Crippen LogP contribution in [0.1, 0.15) is 24.5 Å². The van der Waals surface area contributed by atoms with E-state index in [1.54, 1.807) is 18.2 Å². The third kappa shape index (κ3) is 5.26. The summed E-state index contributed by atoms with van der Waals surface area (Å²) >= 11 is 12.4. The molecule has 0 unspecified atom stereocenters. The number of amides is 1. The van der Waals surface area contributed by atoms with Gasteiger partial charge in [0.2, 0.25) is 0 Å². The molecule has 0 aliphatic heterocycles. The molecule has 1 amide bonds. The maximum Gasteiger partial charge on any atom is 0.266 e. The Hall–Kier alpha value is -2.48. The predicted molar refractivity (Wildman–Crippen MR) is 106 cm³/mol. The SMILES string of the molecule is CCCOc1c(Cl)cc(/C=C(\C#N)C(=O)Nc2cccc(C)c2)cc1Cl. The summed E-state index contributed by atoms with van der Waals surface area (Å²) in [7, 11) is 0. The van der Waals surface area contributed by atoms with Crippen molar-refractivity contribution in [1.29, 1.82) is 5.26 Å². The monoisotopic (exact) mass is 388 g/mol. The molecule has 2 aromatic carbocycles. The van der Waals surface area contributed by atoms with Crippen molar-refractivity contribution in [1.82, 2.24) is 0 Å². The summed E-state index contributed by atoms with van der Waals surface area (Å²) in [4.78, 5) is 12.3. The molecule has 4 nitrogen and oxygen atoms in total. The molecule has 0 spiro atoms. The molecule has 2 rings (SSSR count). The Labute approximate surface area is 163 Å². The molecule has 0 bridgehead atoms. The number of ether oxygens (including phenoxy) is 1. The van der Waals surface area contributed by atoms with Crippen LogP contribution in [-0.4, -0.2) is 12.5 Å². The topological polar surface area (TPSA) is 62.1 Å². The van der Waals surface area contributed by atoms with E-state index in [1.807, 2.05) is 38.1 Å². The van der Waals surface area contributed by atoms with Crippen molar-refractivity contribution in [2.75, 3.05) is 11.9 Å². The summed E-state index contributed by atoms with van der Waals surface area (Å²) in [6.07, 6.45) is 2.26. The van der Waals surface area contributed by atoms with Gasteiger partial charge in [0.1, 0.15) is 11.6 Å². The summed E-state index contributed by atoms with van der Waals surface area (Å²) in [5.41, 5.74) is 2.11. The van der Waals surface area contributed by atoms with Crippen LogP contribution >= 0.6 is 23.2 Å². The fourth-order valence-electron chi connectivity index (χ4n) is 2.24. The zero-order chi connectivity index (χ0) is 19.1. The predicted octanol–water partition coefficient (Wildman–Crippen LogP) is 5.64. The molecule has 0 radical (unpaired) electrons. The minimum Gasteiger partial charge on any atom is -0.490 e. The van der Waals surface area contributed by atoms with Gasteiger partial charge >= 0.3 is 0 Å². The zero-order valence-electron chi connectivity index (χ0n) is 14.5. The van der Waals surface area contributed by atoms with Crippen LogP contribution in [-0.2, 0) is 4.79 Å². The van der Waals surface area contributed by atoms with Crippen LogP contribution < -0.4 is 10.1 Å². The van der Waals surface area contributed by atoms with E-state index >= 15 is 0 Å². The number of benzene rings is 2. The van der Waals surface area contributed by atoms with Crippen molar-refractivity contribution in [3.05, 3.63) is 63.1 Å². The molecule has 6 heteroatoms. The van der Waals surface area contributed by atoms with Gasteiger partial charge in [0, 0.05) is 5.69 Å². The molecule has 134 valence electrons. The molecule has 0 atom stereocenters. The third-order valence-corrected chi connectivity index (χ3v) is 3.98. The number of hydrogen-bond acceptors (Lipinski definition) is 3. The number of nitriles is 1. The molecular weight excluding hydrogens is 371 g/mol. The smallest absolute Gasteiger partial charge is 0.266 e. The van der Waals surface area contributed by atoms with Crippen LogP contribution in [0.4, 0.5) is 5.69 Å². The van der Waals surface area contributed by atoms with Gasteiger partial charge in [0.05, 0.1) is 16.7 Å². The Morgan fingerprint density at radius 2 is 1.96 bits per heavy atom. The highest BCUT2D eigenvalue weighted by Crippen LogP contribution is 2.35. The molecule has 0 heterocycles. The van der Waals surface area contributed by atoms with E-state index in [4.69, 9.17) is 27.9 Å². The van der Waals surface area contributed by atoms with E-state index in [9.17, 15) is 10.1 Å². The van der Waals surface area contributed by atoms with Gasteiger partial charge in [0.15, 0.2) is 5.75 Å². The van der Waals surface area contributed by atoms with Crippen molar-refractivity contribution in [2.45, 2.75) is 20.3 Å². The van der Waals surface area contributed by atoms with E-state index in [0.29, 0.717) is 33.7 Å². The van der Waals surface area contributed by atoms with Gasteiger partial charge in [-0.3, -0.25) is 4.79 Å². The van der Waals surface area contributed by atoms with E-state index in [2.05, 4.69) is 5.32 Å². The number of hydrogen-bond donors (Lipinski definition) is 1. The number of rotatable bonds is 6. The van der Waals surface area contributed by atoms with Crippen LogP contribution in [0.5, 0.6) is 5.75 Å². The summed E-state index contributed by atoms with van der Waals surface area (Å²) in [5.74, 6) is -0.105. The van der Waals surface area contributed by atoms with Crippen molar-refractivity contribution >= 4 is 40.9 Å². The van der Waals surface area contributed by atoms with E-state index in [-0.39, 0.29) is 5.57 Å². The summed E-state index contributed by atoms with van der Waals surface area (Å²) in [6, 6.07) is 12.4. The Kier molecular flexibility index (Phi) is 7.08. The molecule has 0 fully saturated rings. The van der Waals surface area contributed by atoms with Crippen LogP contribution in [0.2, 0.25) is 10.0 Å². The van der Waals surface area contributed by atoms with Crippen molar-refractivity contribution in [2.24, 2.45) is 0 Å². The van der Waals surface area contributed by atoms with Gasteiger partial charge in [-0.2, -0.15) is 5.26 Å². The lowest BCUT2D eigenvalue weighted by atomic mass is 10.1. The molecule has 0 aliphatic rings. The van der Waals surface area contributed by atoms with Crippen molar-refractivity contribution < 1.29 is 9.53 Å². The second-order valence-corrected chi connectivity index (χ2v) is 6.47. The maximum atomic E-state index is 12.3. The number of anilines is 1. The van der Waals surface area contributed by atoms with E-state index in [0.717, 1.165) is 12.0 Å². The number of halogens is 2. The maximum absolute atomic E-state index is 12.3. The Morgan fingerprint density at radius 1 is 1.27 bits per heavy atom. The first-order chi connectivity index (χ1) is 12.4. The fraction of sp³-hybridized carbons (Fsp3) is 0.200. The second-order valence-electron chi connectivity index (χ2n) is 5.66. The zero-order valence-corrected chi connectivity index (χ0v) is 16.0. The van der Waals surface area contributed by atoms with Gasteiger partial charge in [-0.05, 0) is 54.8 Å². The lowest BCUT2D eigenvalue weighted by Crippen LogP contribution is -2.13. The van der Waals surface area contributed by atoms with Crippen LogP contribution in [0.25, 0.3) is 6.08 Å². The molecular formula is C20H18Cl2N2O2. The largest absolute Gasteiger partial charge is 0.490 e. The molecule has 2 aromatic rings. The van der Waals surface area contributed by atoms with Crippen LogP contribution in [0.15, 0.2) is 42.0 Å². The average Bonchev–Trinajstić information content (AvgIpc) is 2.59. The molecule has 1 N–H and O–H groups in total. The van der Waals surface area contributed by atoms with Crippen molar-refractivity contribution in [3.63, 3.8) is 0 Å². The van der Waals surface area contributed by atoms with Gasteiger partial charge in [-0.1, -0.05) is 42.3 Å². The number of aryl methyl sites for hydroxylation is 1. The standard InChI is InChI=1S/C20H18Cl2N2O2/c1-3-7-26-19-17(21)10-14(11-18(19)22)9-15(12-23)20(25)24-16-6-4-5-13(2)8-16/h4-6,8-11H,3,7H2,1-2H3,(H,24,25)/b15-9+. The first-order valence-electron chi connectivity index (χ1n) is 8.06. The van der Waals surface area contributed by atoms with Gasteiger partial charge in [-0.25, -0.2) is 0 Å². The quantitative estimate of drug-likeness (QED) is 0.514. The minimum atomic E-state index is -0.503. The lowest BCUT2D eigenvalue weighted by molar-refractivity contribution is -0.112. The van der Waals surface area contributed by atoms with Gasteiger partial charge in [-0.15, -0.1) is 0 Å². The highest BCUT2D eigenvalue weighted by molar-refractivity contribution is 6.37. The van der Waals surface area contributed by atoms with E-state index in [1.165, 1.54) is 6.08 Å². The second kappa shape index (κ2) is 9.28. The number of carbonyl (C=O) groups excluding carboxylic acids is 1. The number of nitrogens with one attached hydrogen (secondary N) is 1. The van der Waals surface area contributed by atoms with Gasteiger partial charge < -0.3 is 10.1 Å². The first kappa shape index (κ1) is 19.8. The molecule has 0 saturated carbocycles. The van der Waals surface area contributed by atoms with Crippen molar-refractivity contribution in [3.8, 4) is 11.8 Å². The van der Waals surface area contributed by atoms with Crippen LogP contribution in [0, 0.1) is 18.3 Å². The number of nitrogens with zero attached hydrogens (tertiary/aromatic N) is 1.